The quantitative estimate of drug-likeness (QED) is 0.783. The van der Waals surface area contributed by atoms with Crippen LogP contribution in [-0.2, 0) is 0 Å². The summed E-state index contributed by atoms with van der Waals surface area (Å²) in [5.74, 6) is -0.0110. The molecular weight excluding hydrogens is 289 g/mol. The highest BCUT2D eigenvalue weighted by Crippen LogP contribution is 2.22. The lowest BCUT2D eigenvalue weighted by molar-refractivity contribution is 0.0795. The number of hydrogen-bond donors (Lipinski definition) is 0. The van der Waals surface area contributed by atoms with Gasteiger partial charge in [0.05, 0.1) is 5.56 Å². The Morgan fingerprint density at radius 1 is 1.56 bits per heavy atom. The van der Waals surface area contributed by atoms with Crippen molar-refractivity contribution in [3.05, 3.63) is 33.8 Å². The largest absolute Gasteiger partial charge is 0.340 e. The molecule has 0 spiro atoms. The summed E-state index contributed by atoms with van der Waals surface area (Å²) in [6.45, 7) is 4.38. The zero-order valence-electron chi connectivity index (χ0n) is 9.63. The third kappa shape index (κ3) is 3.22. The molecule has 1 rings (SSSR count). The Morgan fingerprint density at radius 2 is 2.19 bits per heavy atom. The Morgan fingerprint density at radius 3 is 2.75 bits per heavy atom. The highest BCUT2D eigenvalue weighted by atomic mass is 79.9. The summed E-state index contributed by atoms with van der Waals surface area (Å²) >= 11 is 9.30. The molecule has 0 saturated carbocycles. The van der Waals surface area contributed by atoms with Gasteiger partial charge in [-0.1, -0.05) is 12.1 Å². The van der Waals surface area contributed by atoms with Crippen molar-refractivity contribution in [2.45, 2.75) is 19.2 Å². The third-order valence-electron chi connectivity index (χ3n) is 2.29. The zero-order chi connectivity index (χ0) is 12.3. The predicted molar refractivity (Wildman–Crippen MR) is 71.2 cm³/mol. The van der Waals surface area contributed by atoms with Crippen LogP contribution in [0.15, 0.2) is 22.7 Å². The van der Waals surface area contributed by atoms with Gasteiger partial charge in [0.2, 0.25) is 0 Å². The molecule has 1 unspecified atom stereocenters. The Labute approximate surface area is 110 Å². The van der Waals surface area contributed by atoms with Gasteiger partial charge >= 0.3 is 0 Å². The fraction of sp³-hybridized carbons (Fsp3) is 0.417. The fourth-order valence-electron chi connectivity index (χ4n) is 1.48. The van der Waals surface area contributed by atoms with Crippen LogP contribution in [0, 0.1) is 6.92 Å². The summed E-state index contributed by atoms with van der Waals surface area (Å²) in [5.41, 5.74) is 1.73. The molecule has 0 aliphatic rings. The summed E-state index contributed by atoms with van der Waals surface area (Å²) in [5, 5.41) is -0.0439. The lowest BCUT2D eigenvalue weighted by atomic mass is 10.1. The van der Waals surface area contributed by atoms with Gasteiger partial charge in [-0.2, -0.15) is 0 Å². The maximum absolute atomic E-state index is 12.1. The van der Waals surface area contributed by atoms with Crippen molar-refractivity contribution in [2.75, 3.05) is 13.6 Å². The normalized spacial score (nSPS) is 12.3. The molecule has 0 radical (unpaired) electrons. The molecule has 0 saturated heterocycles. The van der Waals surface area contributed by atoms with Crippen LogP contribution < -0.4 is 0 Å². The lowest BCUT2D eigenvalue weighted by Gasteiger charge is -2.19. The minimum atomic E-state index is -0.0439. The van der Waals surface area contributed by atoms with Gasteiger partial charge in [-0.15, -0.1) is 11.6 Å². The molecular formula is C12H15BrClNO. The van der Waals surface area contributed by atoms with Crippen LogP contribution in [0.2, 0.25) is 0 Å². The minimum Gasteiger partial charge on any atom is -0.340 e. The number of carbonyl (C=O) groups is 1. The van der Waals surface area contributed by atoms with E-state index in [1.165, 1.54) is 0 Å². The van der Waals surface area contributed by atoms with Crippen molar-refractivity contribution in [3.8, 4) is 0 Å². The van der Waals surface area contributed by atoms with Gasteiger partial charge in [-0.05, 0) is 41.4 Å². The Kier molecular flexibility index (Phi) is 4.81. The standard InChI is InChI=1S/C12H15BrClNO/c1-8-5-4-6-10(11(8)13)12(16)15(3)7-9(2)14/h4-6,9H,7H2,1-3H3. The third-order valence-corrected chi connectivity index (χ3v) is 3.48. The van der Waals surface area contributed by atoms with Gasteiger partial charge in [0, 0.05) is 23.4 Å². The number of nitrogens with zero attached hydrogens (tertiary/aromatic N) is 1. The van der Waals surface area contributed by atoms with E-state index in [-0.39, 0.29) is 11.3 Å². The summed E-state index contributed by atoms with van der Waals surface area (Å²) in [7, 11) is 1.76. The molecule has 0 fully saturated rings. The molecule has 0 bridgehead atoms. The summed E-state index contributed by atoms with van der Waals surface area (Å²) in [6.07, 6.45) is 0. The van der Waals surface area contributed by atoms with E-state index >= 15 is 0 Å². The van der Waals surface area contributed by atoms with Crippen LogP contribution >= 0.6 is 27.5 Å². The molecule has 1 aromatic rings. The van der Waals surface area contributed by atoms with Crippen LogP contribution in [-0.4, -0.2) is 29.8 Å². The van der Waals surface area contributed by atoms with Gasteiger partial charge in [0.25, 0.3) is 5.91 Å². The Hall–Kier alpha value is -0.540. The van der Waals surface area contributed by atoms with E-state index in [1.807, 2.05) is 32.0 Å². The number of hydrogen-bond acceptors (Lipinski definition) is 1. The molecule has 0 N–H and O–H groups in total. The van der Waals surface area contributed by atoms with Crippen LogP contribution in [0.5, 0.6) is 0 Å². The van der Waals surface area contributed by atoms with Crippen molar-refractivity contribution in [1.29, 1.82) is 0 Å². The second-order valence-corrected chi connectivity index (χ2v) is 5.44. The van der Waals surface area contributed by atoms with E-state index in [2.05, 4.69) is 15.9 Å². The number of benzene rings is 1. The smallest absolute Gasteiger partial charge is 0.254 e. The van der Waals surface area contributed by atoms with Gasteiger partial charge in [0.15, 0.2) is 0 Å². The van der Waals surface area contributed by atoms with Gasteiger partial charge in [-0.3, -0.25) is 4.79 Å². The van der Waals surface area contributed by atoms with Crippen molar-refractivity contribution < 1.29 is 4.79 Å². The monoisotopic (exact) mass is 303 g/mol. The van der Waals surface area contributed by atoms with Gasteiger partial charge < -0.3 is 4.90 Å². The number of halogens is 2. The van der Waals surface area contributed by atoms with Crippen molar-refractivity contribution >= 4 is 33.4 Å². The van der Waals surface area contributed by atoms with Crippen LogP contribution in [0.25, 0.3) is 0 Å². The molecule has 1 aromatic carbocycles. The molecule has 16 heavy (non-hydrogen) atoms. The van der Waals surface area contributed by atoms with Gasteiger partial charge in [0.1, 0.15) is 0 Å². The van der Waals surface area contributed by atoms with E-state index in [0.29, 0.717) is 12.1 Å². The molecule has 1 amide bonds. The summed E-state index contributed by atoms with van der Waals surface area (Å²) < 4.78 is 0.856. The summed E-state index contributed by atoms with van der Waals surface area (Å²) in [6, 6.07) is 5.66. The first-order valence-corrected chi connectivity index (χ1v) is 6.31. The highest BCUT2D eigenvalue weighted by molar-refractivity contribution is 9.10. The minimum absolute atomic E-state index is 0.0110. The Bertz CT molecular complexity index is 393. The zero-order valence-corrected chi connectivity index (χ0v) is 12.0. The van der Waals surface area contributed by atoms with E-state index in [0.717, 1.165) is 10.0 Å². The SMILES string of the molecule is Cc1cccc(C(=O)N(C)CC(C)Cl)c1Br. The average Bonchev–Trinajstić information content (AvgIpc) is 2.20. The second-order valence-electron chi connectivity index (χ2n) is 3.90. The lowest BCUT2D eigenvalue weighted by Crippen LogP contribution is -2.31. The van der Waals surface area contributed by atoms with Crippen molar-refractivity contribution in [3.63, 3.8) is 0 Å². The average molecular weight is 305 g/mol. The van der Waals surface area contributed by atoms with Crippen molar-refractivity contribution in [1.82, 2.24) is 4.90 Å². The number of alkyl halides is 1. The molecule has 1 atom stereocenters. The van der Waals surface area contributed by atoms with Crippen LogP contribution in [0.1, 0.15) is 22.8 Å². The number of rotatable bonds is 3. The predicted octanol–water partition coefficient (Wildman–Crippen LogP) is 3.46. The molecule has 0 aliphatic heterocycles. The Balaban J connectivity index is 2.92. The molecule has 0 aliphatic carbocycles. The number of aryl methyl sites for hydroxylation is 1. The highest BCUT2D eigenvalue weighted by Gasteiger charge is 2.16. The maximum Gasteiger partial charge on any atom is 0.254 e. The van der Waals surface area contributed by atoms with E-state index in [1.54, 1.807) is 11.9 Å². The molecule has 4 heteroatoms. The molecule has 88 valence electrons. The maximum atomic E-state index is 12.1. The van der Waals surface area contributed by atoms with E-state index in [4.69, 9.17) is 11.6 Å². The van der Waals surface area contributed by atoms with Gasteiger partial charge in [-0.25, -0.2) is 0 Å². The first kappa shape index (κ1) is 13.5. The molecule has 2 nitrogen and oxygen atoms in total. The fourth-order valence-corrected chi connectivity index (χ4v) is 2.12. The van der Waals surface area contributed by atoms with E-state index in [9.17, 15) is 4.79 Å². The van der Waals surface area contributed by atoms with Crippen LogP contribution in [0.3, 0.4) is 0 Å². The second kappa shape index (κ2) is 5.69. The molecule has 0 heterocycles. The summed E-state index contributed by atoms with van der Waals surface area (Å²) in [4.78, 5) is 13.7. The number of amides is 1. The topological polar surface area (TPSA) is 20.3 Å². The first-order chi connectivity index (χ1) is 7.43. The molecule has 0 aromatic heterocycles. The van der Waals surface area contributed by atoms with Crippen LogP contribution in [0.4, 0.5) is 0 Å². The van der Waals surface area contributed by atoms with Crippen molar-refractivity contribution in [2.24, 2.45) is 0 Å². The first-order valence-electron chi connectivity index (χ1n) is 5.08. The van der Waals surface area contributed by atoms with E-state index < -0.39 is 0 Å². The number of carbonyl (C=O) groups excluding carboxylic acids is 1.